The Hall–Kier alpha value is -1.82. The van der Waals surface area contributed by atoms with E-state index in [0.717, 1.165) is 11.4 Å². The molecule has 0 saturated carbocycles. The van der Waals surface area contributed by atoms with Crippen molar-refractivity contribution in [2.45, 2.75) is 30.8 Å². The van der Waals surface area contributed by atoms with Gasteiger partial charge in [-0.05, 0) is 44.7 Å². The van der Waals surface area contributed by atoms with E-state index in [4.69, 9.17) is 4.74 Å². The van der Waals surface area contributed by atoms with Crippen molar-refractivity contribution in [1.29, 1.82) is 0 Å². The first kappa shape index (κ1) is 14.6. The highest BCUT2D eigenvalue weighted by molar-refractivity contribution is 7.99. The number of benzene rings is 1. The minimum atomic E-state index is 0.355. The monoisotopic (exact) mass is 290 g/mol. The number of hydrogen-bond donors (Lipinski definition) is 1. The second-order valence-electron chi connectivity index (χ2n) is 4.11. The van der Waals surface area contributed by atoms with Gasteiger partial charge >= 0.3 is 6.01 Å². The number of rotatable bonds is 6. The van der Waals surface area contributed by atoms with Gasteiger partial charge in [0.2, 0.25) is 11.1 Å². The summed E-state index contributed by atoms with van der Waals surface area (Å²) in [5, 5.41) is 3.72. The van der Waals surface area contributed by atoms with E-state index in [-0.39, 0.29) is 0 Å². The van der Waals surface area contributed by atoms with Gasteiger partial charge in [-0.3, -0.25) is 0 Å². The molecule has 0 aliphatic heterocycles. The van der Waals surface area contributed by atoms with E-state index in [1.54, 1.807) is 0 Å². The zero-order valence-corrected chi connectivity index (χ0v) is 12.7. The molecule has 0 aliphatic carbocycles. The van der Waals surface area contributed by atoms with Crippen molar-refractivity contribution in [3.63, 3.8) is 0 Å². The molecule has 0 spiro atoms. The van der Waals surface area contributed by atoms with Gasteiger partial charge in [-0.15, -0.1) is 0 Å². The lowest BCUT2D eigenvalue weighted by Crippen LogP contribution is -2.07. The third-order valence-electron chi connectivity index (χ3n) is 2.40. The number of aryl methyl sites for hydroxylation is 1. The largest absolute Gasteiger partial charge is 0.464 e. The minimum absolute atomic E-state index is 0.355. The van der Waals surface area contributed by atoms with Crippen molar-refractivity contribution in [1.82, 2.24) is 15.0 Å². The molecule has 0 unspecified atom stereocenters. The van der Waals surface area contributed by atoms with E-state index in [2.05, 4.69) is 39.3 Å². The van der Waals surface area contributed by atoms with Gasteiger partial charge in [0.25, 0.3) is 0 Å². The number of ether oxygens (including phenoxy) is 1. The molecule has 6 heteroatoms. The number of aromatic nitrogens is 3. The van der Waals surface area contributed by atoms with Crippen LogP contribution in [0.5, 0.6) is 6.01 Å². The van der Waals surface area contributed by atoms with Crippen LogP contribution in [0, 0.1) is 6.92 Å². The molecule has 20 heavy (non-hydrogen) atoms. The highest BCUT2D eigenvalue weighted by atomic mass is 32.2. The molecule has 5 nitrogen and oxygen atoms in total. The zero-order chi connectivity index (χ0) is 14.4. The summed E-state index contributed by atoms with van der Waals surface area (Å²) in [6.07, 6.45) is 0. The Kier molecular flexibility index (Phi) is 5.17. The first-order valence-corrected chi connectivity index (χ1v) is 7.40. The van der Waals surface area contributed by atoms with Crippen LogP contribution in [0.3, 0.4) is 0 Å². The lowest BCUT2D eigenvalue weighted by molar-refractivity contribution is 0.308. The molecule has 0 atom stereocenters. The van der Waals surface area contributed by atoms with Gasteiger partial charge in [-0.1, -0.05) is 17.7 Å². The normalized spacial score (nSPS) is 10.3. The van der Waals surface area contributed by atoms with E-state index < -0.39 is 0 Å². The fourth-order valence-electron chi connectivity index (χ4n) is 1.60. The van der Waals surface area contributed by atoms with Crippen molar-refractivity contribution < 1.29 is 4.74 Å². The van der Waals surface area contributed by atoms with Gasteiger partial charge in [-0.25, -0.2) is 0 Å². The Morgan fingerprint density at radius 1 is 1.20 bits per heavy atom. The maximum absolute atomic E-state index is 5.38. The maximum Gasteiger partial charge on any atom is 0.322 e. The zero-order valence-electron chi connectivity index (χ0n) is 11.9. The van der Waals surface area contributed by atoms with Crippen LogP contribution in [-0.2, 0) is 0 Å². The molecule has 1 heterocycles. The summed E-state index contributed by atoms with van der Waals surface area (Å²) in [4.78, 5) is 14.0. The van der Waals surface area contributed by atoms with Crippen LogP contribution in [0.1, 0.15) is 19.4 Å². The fourth-order valence-corrected chi connectivity index (χ4v) is 2.46. The predicted octanol–water partition coefficient (Wildman–Crippen LogP) is 3.16. The molecular formula is C14H18N4OS. The fraction of sp³-hybridized carbons (Fsp3) is 0.357. The molecule has 0 fully saturated rings. The quantitative estimate of drug-likeness (QED) is 0.882. The van der Waals surface area contributed by atoms with Crippen molar-refractivity contribution in [2.75, 3.05) is 18.5 Å². The van der Waals surface area contributed by atoms with E-state index >= 15 is 0 Å². The molecule has 1 aromatic heterocycles. The highest BCUT2D eigenvalue weighted by Gasteiger charge is 2.08. The number of hydrogen-bond acceptors (Lipinski definition) is 6. The van der Waals surface area contributed by atoms with E-state index in [0.29, 0.717) is 23.7 Å². The van der Waals surface area contributed by atoms with Crippen LogP contribution in [0.2, 0.25) is 0 Å². The second kappa shape index (κ2) is 7.09. The molecule has 0 saturated heterocycles. The van der Waals surface area contributed by atoms with Crippen LogP contribution in [-0.4, -0.2) is 28.1 Å². The van der Waals surface area contributed by atoms with Gasteiger partial charge < -0.3 is 10.1 Å². The van der Waals surface area contributed by atoms with E-state index in [1.807, 2.05) is 26.0 Å². The van der Waals surface area contributed by atoms with Crippen molar-refractivity contribution in [3.8, 4) is 6.01 Å². The van der Waals surface area contributed by atoms with E-state index in [9.17, 15) is 0 Å². The van der Waals surface area contributed by atoms with Gasteiger partial charge in [-0.2, -0.15) is 15.0 Å². The van der Waals surface area contributed by atoms with Crippen LogP contribution >= 0.6 is 11.8 Å². The summed E-state index contributed by atoms with van der Waals surface area (Å²) >= 11 is 1.50. The van der Waals surface area contributed by atoms with Crippen molar-refractivity contribution in [2.24, 2.45) is 0 Å². The topological polar surface area (TPSA) is 59.9 Å². The van der Waals surface area contributed by atoms with Crippen LogP contribution in [0.15, 0.2) is 34.3 Å². The Bertz CT molecular complexity index is 553. The smallest absolute Gasteiger partial charge is 0.322 e. The molecule has 1 N–H and O–H groups in total. The molecule has 0 bridgehead atoms. The van der Waals surface area contributed by atoms with Gasteiger partial charge in [0.15, 0.2) is 0 Å². The summed E-state index contributed by atoms with van der Waals surface area (Å²) < 4.78 is 5.38. The van der Waals surface area contributed by atoms with Crippen molar-refractivity contribution >= 4 is 17.7 Å². The Morgan fingerprint density at radius 2 is 2.05 bits per heavy atom. The number of anilines is 1. The second-order valence-corrected chi connectivity index (χ2v) is 5.15. The average molecular weight is 290 g/mol. The first-order valence-electron chi connectivity index (χ1n) is 6.58. The van der Waals surface area contributed by atoms with Crippen LogP contribution in [0.4, 0.5) is 5.95 Å². The average Bonchev–Trinajstić information content (AvgIpc) is 2.39. The Balaban J connectivity index is 2.25. The number of nitrogens with zero attached hydrogens (tertiary/aromatic N) is 3. The predicted molar refractivity (Wildman–Crippen MR) is 80.5 cm³/mol. The lowest BCUT2D eigenvalue weighted by Gasteiger charge is -2.07. The number of nitrogens with one attached hydrogen (secondary N) is 1. The Labute approximate surface area is 123 Å². The summed E-state index contributed by atoms with van der Waals surface area (Å²) in [6.45, 7) is 7.25. The Morgan fingerprint density at radius 3 is 2.75 bits per heavy atom. The molecule has 1 aromatic carbocycles. The van der Waals surface area contributed by atoms with Gasteiger partial charge in [0, 0.05) is 11.4 Å². The summed E-state index contributed by atoms with van der Waals surface area (Å²) in [5.41, 5.74) is 1.21. The highest BCUT2D eigenvalue weighted by Crippen LogP contribution is 2.26. The maximum atomic E-state index is 5.38. The van der Waals surface area contributed by atoms with Gasteiger partial charge in [0.05, 0.1) is 6.61 Å². The third-order valence-corrected chi connectivity index (χ3v) is 3.26. The lowest BCUT2D eigenvalue weighted by atomic mass is 10.2. The third kappa shape index (κ3) is 4.09. The molecule has 106 valence electrons. The molecule has 2 aromatic rings. The summed E-state index contributed by atoms with van der Waals surface area (Å²) in [7, 11) is 0. The molecule has 0 radical (unpaired) electrons. The molecule has 0 aliphatic rings. The van der Waals surface area contributed by atoms with Gasteiger partial charge in [0.1, 0.15) is 0 Å². The van der Waals surface area contributed by atoms with Crippen LogP contribution in [0.25, 0.3) is 0 Å². The molecule has 0 amide bonds. The first-order chi connectivity index (χ1) is 9.71. The summed E-state index contributed by atoms with van der Waals surface area (Å²) in [5.74, 6) is 0.543. The van der Waals surface area contributed by atoms with Crippen molar-refractivity contribution in [3.05, 3.63) is 29.8 Å². The van der Waals surface area contributed by atoms with E-state index in [1.165, 1.54) is 17.3 Å². The SMILES string of the molecule is CCNc1nc(OCC)nc(Sc2cccc(C)c2)n1. The van der Waals surface area contributed by atoms with Crippen LogP contribution < -0.4 is 10.1 Å². The molecule has 2 rings (SSSR count). The molecular weight excluding hydrogens is 272 g/mol. The standard InChI is InChI=1S/C14H18N4OS/c1-4-15-12-16-13(19-5-2)18-14(17-12)20-11-8-6-7-10(3)9-11/h6-9H,4-5H2,1-3H3,(H,15,16,17,18). The summed E-state index contributed by atoms with van der Waals surface area (Å²) in [6, 6.07) is 8.57. The minimum Gasteiger partial charge on any atom is -0.464 e.